The minimum absolute atomic E-state index is 0.117. The van der Waals surface area contributed by atoms with Gasteiger partial charge in [0, 0.05) is 17.1 Å². The predicted octanol–water partition coefficient (Wildman–Crippen LogP) is 2.43. The molecule has 82 valence electrons. The molecule has 2 N–H and O–H groups in total. The van der Waals surface area contributed by atoms with E-state index in [1.165, 1.54) is 10.9 Å². The number of rotatable bonds is 3. The molecule has 3 rings (SSSR count). The van der Waals surface area contributed by atoms with Gasteiger partial charge in [0.05, 0.1) is 5.92 Å². The summed E-state index contributed by atoms with van der Waals surface area (Å²) < 4.78 is 0. The molecule has 1 aliphatic rings. The monoisotopic (exact) mass is 215 g/mol. The number of carboxylic acids is 1. The molecular formula is C13H13NO2. The number of para-hydroxylation sites is 1. The molecule has 1 fully saturated rings. The van der Waals surface area contributed by atoms with Crippen molar-refractivity contribution in [2.75, 3.05) is 0 Å². The molecule has 0 bridgehead atoms. The highest BCUT2D eigenvalue weighted by atomic mass is 16.4. The molecule has 0 aliphatic heterocycles. The van der Waals surface area contributed by atoms with E-state index < -0.39 is 5.97 Å². The first kappa shape index (κ1) is 9.46. The van der Waals surface area contributed by atoms with Gasteiger partial charge in [0.2, 0.25) is 0 Å². The Bertz CT molecular complexity index is 544. The van der Waals surface area contributed by atoms with Crippen molar-refractivity contribution in [3.8, 4) is 0 Å². The van der Waals surface area contributed by atoms with Crippen LogP contribution in [-0.2, 0) is 11.2 Å². The fourth-order valence-corrected chi connectivity index (χ4v) is 2.36. The molecule has 0 unspecified atom stereocenters. The van der Waals surface area contributed by atoms with E-state index in [0.29, 0.717) is 5.92 Å². The fraction of sp³-hybridized carbons (Fsp3) is 0.308. The standard InChI is InChI=1S/C13H13NO2/c15-13(16)11-6-8(11)5-9-7-14-12-4-2-1-3-10(9)12/h1-4,7-8,11,14H,5-6H2,(H,15,16)/t8-,11-/m1/s1. The van der Waals surface area contributed by atoms with Crippen LogP contribution in [0.3, 0.4) is 0 Å². The summed E-state index contributed by atoms with van der Waals surface area (Å²) in [6, 6.07) is 8.14. The van der Waals surface area contributed by atoms with Crippen LogP contribution in [0.1, 0.15) is 12.0 Å². The topological polar surface area (TPSA) is 53.1 Å². The van der Waals surface area contributed by atoms with Crippen LogP contribution in [0.5, 0.6) is 0 Å². The van der Waals surface area contributed by atoms with Crippen molar-refractivity contribution in [1.29, 1.82) is 0 Å². The van der Waals surface area contributed by atoms with E-state index in [1.54, 1.807) is 0 Å². The van der Waals surface area contributed by atoms with Gasteiger partial charge in [-0.3, -0.25) is 4.79 Å². The molecule has 0 saturated heterocycles. The Balaban J connectivity index is 1.83. The number of aromatic amines is 1. The lowest BCUT2D eigenvalue weighted by Gasteiger charge is -1.97. The number of aromatic nitrogens is 1. The lowest BCUT2D eigenvalue weighted by Crippen LogP contribution is -2.00. The van der Waals surface area contributed by atoms with Crippen molar-refractivity contribution in [1.82, 2.24) is 4.98 Å². The van der Waals surface area contributed by atoms with Gasteiger partial charge in [0.1, 0.15) is 0 Å². The molecular weight excluding hydrogens is 202 g/mol. The maximum atomic E-state index is 10.8. The smallest absolute Gasteiger partial charge is 0.306 e. The fourth-order valence-electron chi connectivity index (χ4n) is 2.36. The first-order chi connectivity index (χ1) is 7.75. The van der Waals surface area contributed by atoms with E-state index in [1.807, 2.05) is 24.4 Å². The molecule has 1 saturated carbocycles. The summed E-state index contributed by atoms with van der Waals surface area (Å²) in [4.78, 5) is 14.0. The number of carboxylic acid groups (broad SMARTS) is 1. The minimum atomic E-state index is -0.648. The van der Waals surface area contributed by atoms with Crippen LogP contribution >= 0.6 is 0 Å². The zero-order chi connectivity index (χ0) is 11.1. The number of aliphatic carboxylic acids is 1. The van der Waals surface area contributed by atoms with Gasteiger partial charge in [-0.25, -0.2) is 0 Å². The van der Waals surface area contributed by atoms with Gasteiger partial charge in [-0.2, -0.15) is 0 Å². The minimum Gasteiger partial charge on any atom is -0.481 e. The van der Waals surface area contributed by atoms with Crippen LogP contribution in [0.25, 0.3) is 10.9 Å². The molecule has 0 radical (unpaired) electrons. The van der Waals surface area contributed by atoms with Crippen molar-refractivity contribution in [2.24, 2.45) is 11.8 Å². The molecule has 2 aromatic rings. The van der Waals surface area contributed by atoms with Gasteiger partial charge >= 0.3 is 5.97 Å². The van der Waals surface area contributed by atoms with Crippen LogP contribution in [-0.4, -0.2) is 16.1 Å². The molecule has 1 aliphatic carbocycles. The third kappa shape index (κ3) is 1.48. The maximum absolute atomic E-state index is 10.8. The van der Waals surface area contributed by atoms with E-state index in [2.05, 4.69) is 11.1 Å². The van der Waals surface area contributed by atoms with Crippen molar-refractivity contribution in [2.45, 2.75) is 12.8 Å². The molecule has 3 heteroatoms. The van der Waals surface area contributed by atoms with Crippen LogP contribution in [0.2, 0.25) is 0 Å². The normalized spacial score (nSPS) is 23.5. The van der Waals surface area contributed by atoms with E-state index in [9.17, 15) is 4.79 Å². The molecule has 2 atom stereocenters. The van der Waals surface area contributed by atoms with E-state index in [4.69, 9.17) is 5.11 Å². The van der Waals surface area contributed by atoms with Crippen molar-refractivity contribution >= 4 is 16.9 Å². The highest BCUT2D eigenvalue weighted by Crippen LogP contribution is 2.42. The van der Waals surface area contributed by atoms with Crippen LogP contribution in [0, 0.1) is 11.8 Å². The van der Waals surface area contributed by atoms with Gasteiger partial charge in [0.15, 0.2) is 0 Å². The Labute approximate surface area is 93.1 Å². The van der Waals surface area contributed by atoms with Crippen LogP contribution in [0.4, 0.5) is 0 Å². The number of benzene rings is 1. The van der Waals surface area contributed by atoms with Gasteiger partial charge in [-0.15, -0.1) is 0 Å². The average molecular weight is 215 g/mol. The Kier molecular flexibility index (Phi) is 1.99. The number of nitrogens with one attached hydrogen (secondary N) is 1. The predicted molar refractivity (Wildman–Crippen MR) is 61.2 cm³/mol. The third-order valence-electron chi connectivity index (χ3n) is 3.40. The Morgan fingerprint density at radius 1 is 1.44 bits per heavy atom. The number of H-pyrrole nitrogens is 1. The van der Waals surface area contributed by atoms with Crippen molar-refractivity contribution < 1.29 is 9.90 Å². The third-order valence-corrected chi connectivity index (χ3v) is 3.40. The summed E-state index contributed by atoms with van der Waals surface area (Å²) in [7, 11) is 0. The zero-order valence-corrected chi connectivity index (χ0v) is 8.81. The first-order valence-corrected chi connectivity index (χ1v) is 5.53. The lowest BCUT2D eigenvalue weighted by atomic mass is 10.1. The Morgan fingerprint density at radius 3 is 3.00 bits per heavy atom. The van der Waals surface area contributed by atoms with Crippen LogP contribution < -0.4 is 0 Å². The van der Waals surface area contributed by atoms with Crippen molar-refractivity contribution in [3.05, 3.63) is 36.0 Å². The Hall–Kier alpha value is -1.77. The van der Waals surface area contributed by atoms with Crippen LogP contribution in [0.15, 0.2) is 30.5 Å². The summed E-state index contributed by atoms with van der Waals surface area (Å²) in [5.74, 6) is -0.435. The van der Waals surface area contributed by atoms with E-state index in [0.717, 1.165) is 18.4 Å². The number of carbonyl (C=O) groups is 1. The number of hydrogen-bond donors (Lipinski definition) is 2. The molecule has 1 aromatic heterocycles. The van der Waals surface area contributed by atoms with Gasteiger partial charge in [-0.1, -0.05) is 18.2 Å². The van der Waals surface area contributed by atoms with Gasteiger partial charge in [0.25, 0.3) is 0 Å². The summed E-state index contributed by atoms with van der Waals surface area (Å²) in [5, 5.41) is 10.1. The molecule has 0 amide bonds. The second-order valence-corrected chi connectivity index (χ2v) is 4.50. The highest BCUT2D eigenvalue weighted by molar-refractivity contribution is 5.83. The molecule has 3 nitrogen and oxygen atoms in total. The quantitative estimate of drug-likeness (QED) is 0.826. The Morgan fingerprint density at radius 2 is 2.25 bits per heavy atom. The van der Waals surface area contributed by atoms with Gasteiger partial charge < -0.3 is 10.1 Å². The zero-order valence-electron chi connectivity index (χ0n) is 8.81. The lowest BCUT2D eigenvalue weighted by molar-refractivity contribution is -0.138. The molecule has 16 heavy (non-hydrogen) atoms. The molecule has 1 heterocycles. The van der Waals surface area contributed by atoms with E-state index >= 15 is 0 Å². The van der Waals surface area contributed by atoms with Crippen molar-refractivity contribution in [3.63, 3.8) is 0 Å². The number of hydrogen-bond acceptors (Lipinski definition) is 1. The second-order valence-electron chi connectivity index (χ2n) is 4.50. The summed E-state index contributed by atoms with van der Waals surface area (Å²) in [6.07, 6.45) is 3.71. The maximum Gasteiger partial charge on any atom is 0.306 e. The average Bonchev–Trinajstić information content (AvgIpc) is 2.93. The first-order valence-electron chi connectivity index (χ1n) is 5.53. The summed E-state index contributed by atoms with van der Waals surface area (Å²) in [6.45, 7) is 0. The number of fused-ring (bicyclic) bond motifs is 1. The second kappa shape index (κ2) is 3.37. The summed E-state index contributed by atoms with van der Waals surface area (Å²) in [5.41, 5.74) is 2.37. The largest absolute Gasteiger partial charge is 0.481 e. The molecule has 0 spiro atoms. The SMILES string of the molecule is O=C(O)[C@@H]1C[C@H]1Cc1c[nH]c2ccccc12. The molecule has 1 aromatic carbocycles. The van der Waals surface area contributed by atoms with E-state index in [-0.39, 0.29) is 5.92 Å². The summed E-state index contributed by atoms with van der Waals surface area (Å²) >= 11 is 0. The van der Waals surface area contributed by atoms with Gasteiger partial charge in [-0.05, 0) is 30.4 Å². The highest BCUT2D eigenvalue weighted by Gasteiger charge is 2.43.